The van der Waals surface area contributed by atoms with Crippen molar-refractivity contribution in [3.05, 3.63) is 60.2 Å². The molecule has 0 bridgehead atoms. The van der Waals surface area contributed by atoms with Gasteiger partial charge in [0.15, 0.2) is 0 Å². The molecule has 0 unspecified atom stereocenters. The molecule has 46 heavy (non-hydrogen) atoms. The third kappa shape index (κ3) is 6.63. The van der Waals surface area contributed by atoms with Gasteiger partial charge >= 0.3 is 12.1 Å². The van der Waals surface area contributed by atoms with Gasteiger partial charge in [0.25, 0.3) is 0 Å². The summed E-state index contributed by atoms with van der Waals surface area (Å²) in [5.41, 5.74) is -0.227. The van der Waals surface area contributed by atoms with Crippen molar-refractivity contribution >= 4 is 34.6 Å². The molecule has 1 aliphatic carbocycles. The van der Waals surface area contributed by atoms with Gasteiger partial charge in [0.1, 0.15) is 23.2 Å². The van der Waals surface area contributed by atoms with E-state index in [2.05, 4.69) is 58.5 Å². The lowest BCUT2D eigenvalue weighted by atomic mass is 9.85. The quantitative estimate of drug-likeness (QED) is 0.320. The Balaban J connectivity index is 1.45. The van der Waals surface area contributed by atoms with Crippen molar-refractivity contribution in [1.82, 2.24) is 20.4 Å². The first-order valence-corrected chi connectivity index (χ1v) is 16.2. The highest BCUT2D eigenvalue weighted by Gasteiger charge is 2.62. The number of rotatable bonds is 8. The third-order valence-corrected chi connectivity index (χ3v) is 9.26. The van der Waals surface area contributed by atoms with Crippen molar-refractivity contribution < 1.29 is 28.7 Å². The number of likely N-dealkylation sites (tertiary alicyclic amines) is 1. The number of carbonyl (C=O) groups is 4. The van der Waals surface area contributed by atoms with E-state index in [9.17, 15) is 19.2 Å². The van der Waals surface area contributed by atoms with Crippen LogP contribution in [-0.2, 0) is 36.9 Å². The number of esters is 1. The van der Waals surface area contributed by atoms with E-state index in [-0.39, 0.29) is 31.0 Å². The molecule has 2 heterocycles. The van der Waals surface area contributed by atoms with Gasteiger partial charge in [-0.1, -0.05) is 63.2 Å². The Morgan fingerprint density at radius 2 is 1.67 bits per heavy atom. The number of alkyl carbamates (subject to hydrolysis) is 1. The highest BCUT2D eigenvalue weighted by molar-refractivity contribution is 5.97. The van der Waals surface area contributed by atoms with Crippen LogP contribution in [0, 0.1) is 11.3 Å². The molecule has 3 amide bonds. The molecule has 2 fully saturated rings. The van der Waals surface area contributed by atoms with E-state index in [1.807, 2.05) is 20.8 Å². The lowest BCUT2D eigenvalue weighted by Gasteiger charge is -2.36. The van der Waals surface area contributed by atoms with Crippen LogP contribution >= 0.6 is 0 Å². The maximum Gasteiger partial charge on any atom is 0.408 e. The molecule has 248 valence electrons. The molecule has 2 N–H and O–H groups in total. The van der Waals surface area contributed by atoms with E-state index in [4.69, 9.17) is 9.47 Å². The van der Waals surface area contributed by atoms with Crippen LogP contribution in [0.4, 0.5) is 4.79 Å². The number of nitrogens with zero attached hydrogens (tertiary/aromatic N) is 2. The molecule has 5 atom stereocenters. The molecule has 0 spiro atoms. The minimum Gasteiger partial charge on any atom is -0.464 e. The zero-order valence-electron chi connectivity index (χ0n) is 28.1. The van der Waals surface area contributed by atoms with Crippen molar-refractivity contribution in [3.63, 3.8) is 0 Å². The summed E-state index contributed by atoms with van der Waals surface area (Å²) in [6, 6.07) is 10.6. The van der Waals surface area contributed by atoms with Crippen molar-refractivity contribution in [3.8, 4) is 0 Å². The third-order valence-electron chi connectivity index (χ3n) is 9.26. The first-order valence-electron chi connectivity index (χ1n) is 16.2. The lowest BCUT2D eigenvalue weighted by molar-refractivity contribution is -0.150. The summed E-state index contributed by atoms with van der Waals surface area (Å²) >= 11 is 0. The maximum atomic E-state index is 14.5. The molecule has 1 saturated heterocycles. The second kappa shape index (κ2) is 12.4. The topological polar surface area (TPSA) is 117 Å². The van der Waals surface area contributed by atoms with Gasteiger partial charge in [-0.25, -0.2) is 9.59 Å². The number of hydrogen-bond acceptors (Lipinski definition) is 7. The fraction of sp³-hybridized carbons (Fsp3) is 0.556. The Bertz CT molecular complexity index is 1500. The van der Waals surface area contributed by atoms with Gasteiger partial charge in [-0.15, -0.1) is 6.58 Å². The van der Waals surface area contributed by atoms with Gasteiger partial charge in [-0.05, 0) is 67.9 Å². The molecule has 2 aliphatic heterocycles. The normalized spacial score (nSPS) is 25.0. The van der Waals surface area contributed by atoms with Crippen LogP contribution in [0.1, 0.15) is 72.4 Å². The van der Waals surface area contributed by atoms with Crippen LogP contribution in [-0.4, -0.2) is 76.1 Å². The molecule has 0 radical (unpaired) electrons. The first-order chi connectivity index (χ1) is 21.6. The average molecular weight is 633 g/mol. The van der Waals surface area contributed by atoms with Gasteiger partial charge in [0, 0.05) is 31.6 Å². The molecule has 5 rings (SSSR count). The fourth-order valence-electron chi connectivity index (χ4n) is 6.89. The molecule has 3 aliphatic rings. The second-order valence-electron chi connectivity index (χ2n) is 14.9. The van der Waals surface area contributed by atoms with Crippen molar-refractivity contribution in [2.75, 3.05) is 13.2 Å². The highest BCUT2D eigenvalue weighted by Crippen LogP contribution is 2.46. The predicted molar refractivity (Wildman–Crippen MR) is 176 cm³/mol. The van der Waals surface area contributed by atoms with Gasteiger partial charge in [-0.2, -0.15) is 0 Å². The lowest BCUT2D eigenvalue weighted by Crippen LogP contribution is -2.59. The molecule has 10 heteroatoms. The van der Waals surface area contributed by atoms with Gasteiger partial charge in [0.05, 0.1) is 6.61 Å². The minimum absolute atomic E-state index is 0.140. The van der Waals surface area contributed by atoms with Gasteiger partial charge in [0.2, 0.25) is 11.8 Å². The van der Waals surface area contributed by atoms with E-state index >= 15 is 0 Å². The predicted octanol–water partition coefficient (Wildman–Crippen LogP) is 4.69. The van der Waals surface area contributed by atoms with Gasteiger partial charge in [-0.3, -0.25) is 14.5 Å². The molecule has 0 aromatic heterocycles. The maximum absolute atomic E-state index is 14.5. The Morgan fingerprint density at radius 1 is 1.04 bits per heavy atom. The number of benzene rings is 2. The monoisotopic (exact) mass is 632 g/mol. The Morgan fingerprint density at radius 3 is 2.20 bits per heavy atom. The van der Waals surface area contributed by atoms with Crippen LogP contribution in [0.25, 0.3) is 10.8 Å². The number of nitrogens with one attached hydrogen (secondary N) is 2. The molecule has 2 aromatic rings. The summed E-state index contributed by atoms with van der Waals surface area (Å²) in [7, 11) is 0. The van der Waals surface area contributed by atoms with Crippen LogP contribution in [0.3, 0.4) is 0 Å². The number of amides is 3. The average Bonchev–Trinajstić information content (AvgIpc) is 3.50. The largest absolute Gasteiger partial charge is 0.464 e. The van der Waals surface area contributed by atoms with Crippen LogP contribution in [0.2, 0.25) is 0 Å². The van der Waals surface area contributed by atoms with E-state index in [0.717, 1.165) is 0 Å². The van der Waals surface area contributed by atoms with Crippen molar-refractivity contribution in [1.29, 1.82) is 0 Å². The van der Waals surface area contributed by atoms with Crippen LogP contribution < -0.4 is 10.6 Å². The number of hydrogen-bond donors (Lipinski definition) is 2. The number of carbonyl (C=O) groups excluding carboxylic acids is 4. The van der Waals surface area contributed by atoms with Crippen LogP contribution in [0.5, 0.6) is 0 Å². The van der Waals surface area contributed by atoms with Crippen LogP contribution in [0.15, 0.2) is 49.1 Å². The molecular formula is C36H48N4O6. The van der Waals surface area contributed by atoms with E-state index in [1.165, 1.54) is 21.9 Å². The summed E-state index contributed by atoms with van der Waals surface area (Å²) in [6.07, 6.45) is 1.72. The summed E-state index contributed by atoms with van der Waals surface area (Å²) in [4.78, 5) is 58.5. The van der Waals surface area contributed by atoms with Gasteiger partial charge < -0.3 is 25.0 Å². The van der Waals surface area contributed by atoms with Crippen molar-refractivity contribution in [2.45, 2.75) is 104 Å². The molecular weight excluding hydrogens is 584 g/mol. The number of ether oxygens (including phenoxy) is 2. The smallest absolute Gasteiger partial charge is 0.408 e. The Kier molecular flexibility index (Phi) is 8.98. The van der Waals surface area contributed by atoms with Crippen molar-refractivity contribution in [2.24, 2.45) is 11.3 Å². The SMILES string of the molecule is C=C[C@@H]1C[C@]1(NC(=O)[C@@H]1C[C@@H](N2Cc3cccc4cccc(c34)C2)CN1C(=O)[C@@H](NC(=O)OC(C)(C)C)C(C)(C)C)C(=O)OCC. The zero-order valence-corrected chi connectivity index (χ0v) is 28.1. The Labute approximate surface area is 271 Å². The Hall–Kier alpha value is -3.92. The highest BCUT2D eigenvalue weighted by atomic mass is 16.6. The minimum atomic E-state index is -1.19. The summed E-state index contributed by atoms with van der Waals surface area (Å²) in [6.45, 7) is 18.3. The fourth-order valence-corrected chi connectivity index (χ4v) is 6.89. The zero-order chi connectivity index (χ0) is 33.6. The molecule has 1 saturated carbocycles. The molecule has 10 nitrogen and oxygen atoms in total. The van der Waals surface area contributed by atoms with E-state index < -0.39 is 46.6 Å². The summed E-state index contributed by atoms with van der Waals surface area (Å²) < 4.78 is 10.8. The van der Waals surface area contributed by atoms with E-state index in [0.29, 0.717) is 25.9 Å². The summed E-state index contributed by atoms with van der Waals surface area (Å²) in [5, 5.41) is 8.23. The summed E-state index contributed by atoms with van der Waals surface area (Å²) in [5.74, 6) is -1.55. The standard InChI is InChI=1S/C36H48N4O6/c1-9-25-18-36(25,32(43)45-10-2)38-30(41)27-17-26(39-19-23-15-11-13-22-14-12-16-24(20-39)28(22)23)21-40(27)31(42)29(34(3,4)5)37-33(44)46-35(6,7)8/h9,11-16,25-27,29H,1,10,17-21H2,2-8H3,(H,37,44)(H,38,41)/t25-,26-,27+,29-,36-/m1/s1. The second-order valence-corrected chi connectivity index (χ2v) is 14.9. The first kappa shape index (κ1) is 33.4. The molecule has 2 aromatic carbocycles. The van der Waals surface area contributed by atoms with E-state index in [1.54, 1.807) is 38.7 Å².